The molecule has 1 aromatic carbocycles. The quantitative estimate of drug-likeness (QED) is 0.857. The zero-order chi connectivity index (χ0) is 18.7. The number of benzene rings is 1. The van der Waals surface area contributed by atoms with Crippen LogP contribution in [0, 0.1) is 12.8 Å². The standard InChI is InChI=1S/C18H24N4O3S/c1-13-8-9-15-16(20-13)6-3-7-17(15)21-18(23)19-11-14-5-4-10-22(12-14)26(2,24)25/h3,6-9,14H,4-5,10-12H2,1-2H3,(H2,19,21,23)/t14-/m0/s1. The number of aryl methyl sites for hydroxylation is 1. The molecule has 26 heavy (non-hydrogen) atoms. The number of anilines is 1. The highest BCUT2D eigenvalue weighted by molar-refractivity contribution is 7.88. The normalized spacial score (nSPS) is 18.6. The third-order valence-corrected chi connectivity index (χ3v) is 5.89. The van der Waals surface area contributed by atoms with Crippen LogP contribution in [0.2, 0.25) is 0 Å². The number of carbonyl (C=O) groups excluding carboxylic acids is 1. The van der Waals surface area contributed by atoms with Crippen LogP contribution >= 0.6 is 0 Å². The number of carbonyl (C=O) groups is 1. The first-order valence-electron chi connectivity index (χ1n) is 8.69. The molecule has 1 saturated heterocycles. The fourth-order valence-corrected chi connectivity index (χ4v) is 4.21. The molecule has 1 fully saturated rings. The highest BCUT2D eigenvalue weighted by Gasteiger charge is 2.26. The van der Waals surface area contributed by atoms with Crippen LogP contribution in [0.4, 0.5) is 10.5 Å². The summed E-state index contributed by atoms with van der Waals surface area (Å²) in [4.78, 5) is 16.7. The van der Waals surface area contributed by atoms with Gasteiger partial charge in [-0.3, -0.25) is 4.98 Å². The summed E-state index contributed by atoms with van der Waals surface area (Å²) in [6.07, 6.45) is 2.95. The lowest BCUT2D eigenvalue weighted by Crippen LogP contribution is -2.43. The number of piperidine rings is 1. The van der Waals surface area contributed by atoms with E-state index < -0.39 is 10.0 Å². The molecule has 7 nitrogen and oxygen atoms in total. The van der Waals surface area contributed by atoms with E-state index in [1.54, 1.807) is 0 Å². The summed E-state index contributed by atoms with van der Waals surface area (Å²) in [5.41, 5.74) is 2.46. The van der Waals surface area contributed by atoms with Gasteiger partial charge in [0.2, 0.25) is 10.0 Å². The van der Waals surface area contributed by atoms with E-state index in [2.05, 4.69) is 15.6 Å². The highest BCUT2D eigenvalue weighted by atomic mass is 32.2. The van der Waals surface area contributed by atoms with Gasteiger partial charge < -0.3 is 10.6 Å². The fourth-order valence-electron chi connectivity index (χ4n) is 3.26. The van der Waals surface area contributed by atoms with Crippen LogP contribution in [-0.2, 0) is 10.0 Å². The maximum Gasteiger partial charge on any atom is 0.319 e. The summed E-state index contributed by atoms with van der Waals surface area (Å²) in [6.45, 7) is 3.39. The molecule has 0 aliphatic carbocycles. The minimum absolute atomic E-state index is 0.126. The highest BCUT2D eigenvalue weighted by Crippen LogP contribution is 2.22. The minimum atomic E-state index is -3.18. The third-order valence-electron chi connectivity index (χ3n) is 4.62. The van der Waals surface area contributed by atoms with Gasteiger partial charge in [0.25, 0.3) is 0 Å². The van der Waals surface area contributed by atoms with Crippen LogP contribution in [0.5, 0.6) is 0 Å². The second-order valence-electron chi connectivity index (χ2n) is 6.79. The molecule has 3 rings (SSSR count). The fraction of sp³-hybridized carbons (Fsp3) is 0.444. The van der Waals surface area contributed by atoms with Crippen LogP contribution < -0.4 is 10.6 Å². The summed E-state index contributed by atoms with van der Waals surface area (Å²) < 4.78 is 24.8. The van der Waals surface area contributed by atoms with Crippen molar-refractivity contribution in [2.75, 3.05) is 31.2 Å². The maximum absolute atomic E-state index is 12.3. The van der Waals surface area contributed by atoms with Gasteiger partial charge in [0.15, 0.2) is 0 Å². The van der Waals surface area contributed by atoms with Gasteiger partial charge in [0.05, 0.1) is 17.5 Å². The largest absolute Gasteiger partial charge is 0.338 e. The molecule has 0 bridgehead atoms. The number of hydrogen-bond acceptors (Lipinski definition) is 4. The lowest BCUT2D eigenvalue weighted by atomic mass is 10.00. The summed E-state index contributed by atoms with van der Waals surface area (Å²) in [6, 6.07) is 9.16. The Kier molecular flexibility index (Phi) is 5.43. The molecule has 8 heteroatoms. The Bertz CT molecular complexity index is 914. The second-order valence-corrected chi connectivity index (χ2v) is 8.77. The lowest BCUT2D eigenvalue weighted by molar-refractivity contribution is 0.239. The van der Waals surface area contributed by atoms with E-state index in [-0.39, 0.29) is 11.9 Å². The predicted octanol–water partition coefficient (Wildman–Crippen LogP) is 2.34. The predicted molar refractivity (Wildman–Crippen MR) is 103 cm³/mol. The maximum atomic E-state index is 12.3. The topological polar surface area (TPSA) is 91.4 Å². The smallest absolute Gasteiger partial charge is 0.319 e. The third kappa shape index (κ3) is 4.50. The zero-order valence-electron chi connectivity index (χ0n) is 15.0. The van der Waals surface area contributed by atoms with E-state index in [0.29, 0.717) is 25.3 Å². The van der Waals surface area contributed by atoms with Crippen LogP contribution in [-0.4, -0.2) is 49.6 Å². The van der Waals surface area contributed by atoms with Crippen LogP contribution in [0.1, 0.15) is 18.5 Å². The molecule has 1 atom stereocenters. The number of sulfonamides is 1. The summed E-state index contributed by atoms with van der Waals surface area (Å²) >= 11 is 0. The first-order valence-corrected chi connectivity index (χ1v) is 10.5. The number of hydrogen-bond donors (Lipinski definition) is 2. The molecule has 1 aliphatic rings. The molecule has 2 aromatic rings. The van der Waals surface area contributed by atoms with Gasteiger partial charge in [0, 0.05) is 30.7 Å². The second kappa shape index (κ2) is 7.59. The lowest BCUT2D eigenvalue weighted by Gasteiger charge is -2.30. The van der Waals surface area contributed by atoms with E-state index in [9.17, 15) is 13.2 Å². The van der Waals surface area contributed by atoms with Crippen LogP contribution in [0.15, 0.2) is 30.3 Å². The SMILES string of the molecule is Cc1ccc2c(NC(=O)NC[C@@H]3CCCN(S(C)(=O)=O)C3)cccc2n1. The van der Waals surface area contributed by atoms with Gasteiger partial charge in [-0.25, -0.2) is 17.5 Å². The van der Waals surface area contributed by atoms with Gasteiger partial charge in [-0.15, -0.1) is 0 Å². The van der Waals surface area contributed by atoms with E-state index in [4.69, 9.17) is 0 Å². The summed E-state index contributed by atoms with van der Waals surface area (Å²) in [5, 5.41) is 6.60. The first-order chi connectivity index (χ1) is 12.3. The van der Waals surface area contributed by atoms with Gasteiger partial charge in [-0.05, 0) is 49.9 Å². The molecule has 1 aliphatic heterocycles. The molecule has 2 amide bonds. The van der Waals surface area contributed by atoms with Crippen molar-refractivity contribution in [3.8, 4) is 0 Å². The van der Waals surface area contributed by atoms with Crippen molar-refractivity contribution < 1.29 is 13.2 Å². The number of urea groups is 1. The first kappa shape index (κ1) is 18.6. The van der Waals surface area contributed by atoms with Gasteiger partial charge in [-0.2, -0.15) is 0 Å². The van der Waals surface area contributed by atoms with Crippen molar-refractivity contribution in [1.29, 1.82) is 0 Å². The van der Waals surface area contributed by atoms with E-state index in [0.717, 1.165) is 29.4 Å². The average Bonchev–Trinajstić information content (AvgIpc) is 2.59. The Morgan fingerprint density at radius 3 is 2.88 bits per heavy atom. The molecule has 0 saturated carbocycles. The number of nitrogens with zero attached hydrogens (tertiary/aromatic N) is 2. The molecule has 140 valence electrons. The average molecular weight is 376 g/mol. The zero-order valence-corrected chi connectivity index (χ0v) is 15.8. The Hall–Kier alpha value is -2.19. The number of aromatic nitrogens is 1. The van der Waals surface area contributed by atoms with Crippen LogP contribution in [0.25, 0.3) is 10.9 Å². The van der Waals surface area contributed by atoms with Crippen molar-refractivity contribution in [1.82, 2.24) is 14.6 Å². The van der Waals surface area contributed by atoms with Gasteiger partial charge >= 0.3 is 6.03 Å². The van der Waals surface area contributed by atoms with E-state index >= 15 is 0 Å². The Labute approximate surface area is 153 Å². The van der Waals surface area contributed by atoms with Crippen molar-refractivity contribution in [2.24, 2.45) is 5.92 Å². The number of amides is 2. The molecule has 2 heterocycles. The van der Waals surface area contributed by atoms with E-state index in [1.807, 2.05) is 37.3 Å². The van der Waals surface area contributed by atoms with Crippen molar-refractivity contribution in [3.05, 3.63) is 36.0 Å². The Morgan fingerprint density at radius 1 is 1.31 bits per heavy atom. The Balaban J connectivity index is 1.60. The molecular weight excluding hydrogens is 352 g/mol. The Morgan fingerprint density at radius 2 is 2.12 bits per heavy atom. The summed E-state index contributed by atoms with van der Waals surface area (Å²) in [7, 11) is -3.18. The molecule has 0 radical (unpaired) electrons. The molecule has 0 unspecified atom stereocenters. The minimum Gasteiger partial charge on any atom is -0.338 e. The van der Waals surface area contributed by atoms with Crippen molar-refractivity contribution in [3.63, 3.8) is 0 Å². The molecule has 0 spiro atoms. The van der Waals surface area contributed by atoms with Crippen molar-refractivity contribution in [2.45, 2.75) is 19.8 Å². The van der Waals surface area contributed by atoms with Gasteiger partial charge in [-0.1, -0.05) is 6.07 Å². The summed E-state index contributed by atoms with van der Waals surface area (Å²) in [5.74, 6) is 0.126. The van der Waals surface area contributed by atoms with Crippen molar-refractivity contribution >= 4 is 32.6 Å². The number of pyridine rings is 1. The number of fused-ring (bicyclic) bond motifs is 1. The van der Waals surface area contributed by atoms with Crippen LogP contribution in [0.3, 0.4) is 0 Å². The molecule has 2 N–H and O–H groups in total. The monoisotopic (exact) mass is 376 g/mol. The number of nitrogens with one attached hydrogen (secondary N) is 2. The van der Waals surface area contributed by atoms with Gasteiger partial charge in [0.1, 0.15) is 0 Å². The number of rotatable bonds is 4. The molecular formula is C18H24N4O3S. The van der Waals surface area contributed by atoms with E-state index in [1.165, 1.54) is 10.6 Å². The molecule has 1 aromatic heterocycles.